The lowest BCUT2D eigenvalue weighted by Gasteiger charge is -2.18. The third-order valence-corrected chi connectivity index (χ3v) is 4.29. The second-order valence-corrected chi connectivity index (χ2v) is 6.22. The van der Waals surface area contributed by atoms with Crippen molar-refractivity contribution in [3.8, 4) is 0 Å². The van der Waals surface area contributed by atoms with Crippen LogP contribution in [0.3, 0.4) is 0 Å². The van der Waals surface area contributed by atoms with Gasteiger partial charge in [0.05, 0.1) is 5.69 Å². The van der Waals surface area contributed by atoms with Gasteiger partial charge in [-0.1, -0.05) is 0 Å². The second kappa shape index (κ2) is 7.86. The number of nitrogens with zero attached hydrogens (tertiary/aromatic N) is 2. The van der Waals surface area contributed by atoms with E-state index in [9.17, 15) is 9.59 Å². The Balaban J connectivity index is 1.57. The summed E-state index contributed by atoms with van der Waals surface area (Å²) >= 11 is 0. The zero-order valence-electron chi connectivity index (χ0n) is 14.6. The Morgan fingerprint density at radius 1 is 1.19 bits per heavy atom. The molecule has 1 aliphatic heterocycles. The Kier molecular flexibility index (Phi) is 5.36. The van der Waals surface area contributed by atoms with E-state index in [1.165, 1.54) is 26.0 Å². The summed E-state index contributed by atoms with van der Waals surface area (Å²) in [6, 6.07) is 10.8. The molecule has 0 radical (unpaired) electrons. The number of hydrogen-bond donors (Lipinski definition) is 2. The van der Waals surface area contributed by atoms with Gasteiger partial charge in [-0.3, -0.25) is 4.79 Å². The Labute approximate surface area is 152 Å². The summed E-state index contributed by atoms with van der Waals surface area (Å²) in [6.45, 7) is 3.63. The molecule has 7 nitrogen and oxygen atoms in total. The van der Waals surface area contributed by atoms with Crippen molar-refractivity contribution in [2.24, 2.45) is 0 Å². The normalized spacial score (nSPS) is 14.7. The van der Waals surface area contributed by atoms with E-state index in [1.54, 1.807) is 12.1 Å². The summed E-state index contributed by atoms with van der Waals surface area (Å²) in [7, 11) is 0. The molecule has 136 valence electrons. The molecular weight excluding hydrogens is 332 g/mol. The van der Waals surface area contributed by atoms with E-state index in [4.69, 9.17) is 10.5 Å². The number of benzene rings is 1. The molecule has 1 fully saturated rings. The summed E-state index contributed by atoms with van der Waals surface area (Å²) < 4.78 is 5.15. The van der Waals surface area contributed by atoms with Crippen LogP contribution in [0.5, 0.6) is 0 Å². The fourth-order valence-electron chi connectivity index (χ4n) is 2.83. The molecule has 0 saturated carbocycles. The van der Waals surface area contributed by atoms with Crippen LogP contribution in [-0.2, 0) is 9.53 Å². The first-order chi connectivity index (χ1) is 12.5. The number of nitrogens with one attached hydrogen (secondary N) is 1. The number of amides is 1. The van der Waals surface area contributed by atoms with Crippen LogP contribution in [0.25, 0.3) is 0 Å². The average molecular weight is 354 g/mol. The highest BCUT2D eigenvalue weighted by molar-refractivity contribution is 5.98. The number of hydrogen-bond acceptors (Lipinski definition) is 6. The fraction of sp³-hybridized carbons (Fsp3) is 0.316. The molecule has 1 aromatic heterocycles. The molecule has 26 heavy (non-hydrogen) atoms. The van der Waals surface area contributed by atoms with E-state index in [0.29, 0.717) is 5.69 Å². The molecule has 0 aliphatic carbocycles. The van der Waals surface area contributed by atoms with Gasteiger partial charge in [0, 0.05) is 30.7 Å². The predicted molar refractivity (Wildman–Crippen MR) is 100 cm³/mol. The van der Waals surface area contributed by atoms with Crippen molar-refractivity contribution in [2.45, 2.75) is 25.9 Å². The van der Waals surface area contributed by atoms with Gasteiger partial charge in [0.2, 0.25) is 0 Å². The number of ether oxygens (including phenoxy) is 1. The topological polar surface area (TPSA) is 97.5 Å². The monoisotopic (exact) mass is 354 g/mol. The Bertz CT molecular complexity index is 786. The van der Waals surface area contributed by atoms with Crippen molar-refractivity contribution in [2.75, 3.05) is 29.0 Å². The van der Waals surface area contributed by atoms with Gasteiger partial charge in [-0.05, 0) is 56.2 Å². The smallest absolute Gasteiger partial charge is 0.359 e. The van der Waals surface area contributed by atoms with Crippen LogP contribution in [0.2, 0.25) is 0 Å². The Morgan fingerprint density at radius 2 is 1.88 bits per heavy atom. The van der Waals surface area contributed by atoms with Gasteiger partial charge < -0.3 is 20.7 Å². The summed E-state index contributed by atoms with van der Waals surface area (Å²) in [6.07, 6.45) is 2.89. The maximum absolute atomic E-state index is 12.3. The summed E-state index contributed by atoms with van der Waals surface area (Å²) in [4.78, 5) is 30.5. The Morgan fingerprint density at radius 3 is 2.54 bits per heavy atom. The summed E-state index contributed by atoms with van der Waals surface area (Å²) in [5.41, 5.74) is 7.70. The van der Waals surface area contributed by atoms with E-state index in [2.05, 4.69) is 15.2 Å². The minimum Gasteiger partial charge on any atom is -0.448 e. The summed E-state index contributed by atoms with van der Waals surface area (Å²) in [5, 5.41) is 2.74. The zero-order valence-corrected chi connectivity index (χ0v) is 14.6. The highest BCUT2D eigenvalue weighted by atomic mass is 16.5. The number of rotatable bonds is 5. The van der Waals surface area contributed by atoms with E-state index in [1.807, 2.05) is 24.3 Å². The quantitative estimate of drug-likeness (QED) is 0.801. The summed E-state index contributed by atoms with van der Waals surface area (Å²) in [5.74, 6) is -1.14. The van der Waals surface area contributed by atoms with Gasteiger partial charge in [-0.25, -0.2) is 9.78 Å². The number of pyridine rings is 1. The molecule has 1 aromatic carbocycles. The number of carbonyl (C=O) groups excluding carboxylic acids is 2. The van der Waals surface area contributed by atoms with E-state index < -0.39 is 18.0 Å². The lowest BCUT2D eigenvalue weighted by Crippen LogP contribution is -2.30. The van der Waals surface area contributed by atoms with Crippen LogP contribution in [0.1, 0.15) is 30.3 Å². The SMILES string of the molecule is CC(OC(=O)c1ncccc1N)C(=O)Nc1ccc(N2CCCC2)cc1. The first kappa shape index (κ1) is 17.7. The highest BCUT2D eigenvalue weighted by Crippen LogP contribution is 2.22. The van der Waals surface area contributed by atoms with E-state index in [0.717, 1.165) is 18.8 Å². The average Bonchev–Trinajstić information content (AvgIpc) is 3.17. The molecule has 0 spiro atoms. The lowest BCUT2D eigenvalue weighted by molar-refractivity contribution is -0.123. The van der Waals surface area contributed by atoms with Crippen molar-refractivity contribution >= 4 is 28.9 Å². The van der Waals surface area contributed by atoms with Crippen molar-refractivity contribution in [3.05, 3.63) is 48.3 Å². The lowest BCUT2D eigenvalue weighted by atomic mass is 10.2. The van der Waals surface area contributed by atoms with E-state index in [-0.39, 0.29) is 11.4 Å². The second-order valence-electron chi connectivity index (χ2n) is 6.22. The molecule has 1 amide bonds. The number of anilines is 3. The molecule has 2 heterocycles. The van der Waals surface area contributed by atoms with Crippen LogP contribution in [-0.4, -0.2) is 36.1 Å². The molecule has 3 rings (SSSR count). The van der Waals surface area contributed by atoms with Gasteiger partial charge in [-0.15, -0.1) is 0 Å². The molecular formula is C19H22N4O3. The minimum absolute atomic E-state index is 0.00196. The third kappa shape index (κ3) is 4.11. The van der Waals surface area contributed by atoms with Gasteiger partial charge in [0.25, 0.3) is 5.91 Å². The van der Waals surface area contributed by atoms with Crippen LogP contribution >= 0.6 is 0 Å². The predicted octanol–water partition coefficient (Wildman–Crippen LogP) is 2.45. The molecule has 1 atom stereocenters. The number of carbonyl (C=O) groups is 2. The maximum atomic E-state index is 12.3. The van der Waals surface area contributed by atoms with Crippen molar-refractivity contribution in [1.29, 1.82) is 0 Å². The standard InChI is InChI=1S/C19H22N4O3/c1-13(26-19(25)17-16(20)5-4-10-21-17)18(24)22-14-6-8-15(9-7-14)23-11-2-3-12-23/h4-10,13H,2-3,11-12,20H2,1H3,(H,22,24). The van der Waals surface area contributed by atoms with Crippen LogP contribution < -0.4 is 16.0 Å². The van der Waals surface area contributed by atoms with Gasteiger partial charge >= 0.3 is 5.97 Å². The highest BCUT2D eigenvalue weighted by Gasteiger charge is 2.21. The molecule has 7 heteroatoms. The number of nitrogen functional groups attached to an aromatic ring is 1. The number of nitrogens with two attached hydrogens (primary N) is 1. The largest absolute Gasteiger partial charge is 0.448 e. The van der Waals surface area contributed by atoms with E-state index >= 15 is 0 Å². The molecule has 1 aliphatic rings. The molecule has 1 unspecified atom stereocenters. The fourth-order valence-corrected chi connectivity index (χ4v) is 2.83. The third-order valence-electron chi connectivity index (χ3n) is 4.29. The number of aromatic nitrogens is 1. The molecule has 2 aromatic rings. The minimum atomic E-state index is -0.970. The first-order valence-corrected chi connectivity index (χ1v) is 8.62. The Hall–Kier alpha value is -3.09. The first-order valence-electron chi connectivity index (χ1n) is 8.62. The van der Waals surface area contributed by atoms with Crippen LogP contribution in [0, 0.1) is 0 Å². The van der Waals surface area contributed by atoms with Crippen molar-refractivity contribution < 1.29 is 14.3 Å². The maximum Gasteiger partial charge on any atom is 0.359 e. The molecule has 3 N–H and O–H groups in total. The van der Waals surface area contributed by atoms with Crippen molar-refractivity contribution in [3.63, 3.8) is 0 Å². The molecule has 1 saturated heterocycles. The van der Waals surface area contributed by atoms with Crippen molar-refractivity contribution in [1.82, 2.24) is 4.98 Å². The van der Waals surface area contributed by atoms with Gasteiger partial charge in [-0.2, -0.15) is 0 Å². The molecule has 0 bridgehead atoms. The number of esters is 1. The van der Waals surface area contributed by atoms with Gasteiger partial charge in [0.15, 0.2) is 11.8 Å². The zero-order chi connectivity index (χ0) is 18.5. The van der Waals surface area contributed by atoms with Gasteiger partial charge in [0.1, 0.15) is 0 Å². The van der Waals surface area contributed by atoms with Crippen LogP contribution in [0.15, 0.2) is 42.6 Å². The van der Waals surface area contributed by atoms with Crippen LogP contribution in [0.4, 0.5) is 17.1 Å².